The molecule has 0 aliphatic carbocycles. The van der Waals surface area contributed by atoms with Crippen LogP contribution in [-0.2, 0) is 19.4 Å². The number of carbonyl (C=O) groups is 1. The third-order valence-corrected chi connectivity index (χ3v) is 5.53. The summed E-state index contributed by atoms with van der Waals surface area (Å²) in [5.74, 6) is 0.600. The molecule has 1 saturated heterocycles. The lowest BCUT2D eigenvalue weighted by atomic mass is 9.93. The molecule has 1 aromatic carbocycles. The van der Waals surface area contributed by atoms with Crippen molar-refractivity contribution in [3.63, 3.8) is 0 Å². The Balaban J connectivity index is 0.00000182. The van der Waals surface area contributed by atoms with Crippen LogP contribution in [0.3, 0.4) is 0 Å². The second-order valence-corrected chi connectivity index (χ2v) is 6.93. The minimum Gasteiger partial charge on any atom is -0.334 e. The van der Waals surface area contributed by atoms with E-state index in [2.05, 4.69) is 46.7 Å². The van der Waals surface area contributed by atoms with Crippen LogP contribution in [0.2, 0.25) is 0 Å². The van der Waals surface area contributed by atoms with Crippen molar-refractivity contribution < 1.29 is 4.79 Å². The standard InChI is InChI=1S/C19H24N4O.ClH/c1-13-15(11-14-5-3-2-4-6-14)8-10-23(13)19(24)18-16-12-20-9-7-17(16)21-22-18;/h2-6,13,15,20H,7-12H2,1H3,(H,21,22);1H. The van der Waals surface area contributed by atoms with Crippen molar-refractivity contribution >= 4 is 18.3 Å². The van der Waals surface area contributed by atoms with Gasteiger partial charge in [0.25, 0.3) is 5.91 Å². The Hall–Kier alpha value is -1.85. The lowest BCUT2D eigenvalue weighted by Crippen LogP contribution is -2.37. The van der Waals surface area contributed by atoms with Crippen molar-refractivity contribution in [1.82, 2.24) is 20.4 Å². The van der Waals surface area contributed by atoms with Gasteiger partial charge in [-0.3, -0.25) is 9.89 Å². The molecule has 0 radical (unpaired) electrons. The van der Waals surface area contributed by atoms with Gasteiger partial charge in [0.15, 0.2) is 5.69 Å². The van der Waals surface area contributed by atoms with E-state index in [0.29, 0.717) is 11.6 Å². The van der Waals surface area contributed by atoms with Gasteiger partial charge in [0.1, 0.15) is 0 Å². The smallest absolute Gasteiger partial charge is 0.274 e. The van der Waals surface area contributed by atoms with Gasteiger partial charge in [-0.05, 0) is 31.2 Å². The fraction of sp³-hybridized carbons (Fsp3) is 0.474. The van der Waals surface area contributed by atoms with Crippen LogP contribution in [-0.4, -0.2) is 40.1 Å². The highest BCUT2D eigenvalue weighted by atomic mass is 35.5. The number of nitrogens with zero attached hydrogens (tertiary/aromatic N) is 2. The van der Waals surface area contributed by atoms with E-state index in [0.717, 1.165) is 50.2 Å². The Labute approximate surface area is 154 Å². The molecule has 2 aliphatic heterocycles. The van der Waals surface area contributed by atoms with E-state index >= 15 is 0 Å². The highest BCUT2D eigenvalue weighted by Crippen LogP contribution is 2.29. The number of benzene rings is 1. The monoisotopic (exact) mass is 360 g/mol. The van der Waals surface area contributed by atoms with Gasteiger partial charge in [0, 0.05) is 43.4 Å². The fourth-order valence-electron chi connectivity index (χ4n) is 4.02. The molecule has 2 unspecified atom stereocenters. The molecule has 0 bridgehead atoms. The van der Waals surface area contributed by atoms with Gasteiger partial charge in [-0.2, -0.15) is 5.10 Å². The van der Waals surface area contributed by atoms with Crippen molar-refractivity contribution in [3.8, 4) is 0 Å². The zero-order valence-corrected chi connectivity index (χ0v) is 15.3. The number of amides is 1. The molecule has 6 heteroatoms. The molecule has 134 valence electrons. The number of aromatic amines is 1. The predicted octanol–water partition coefficient (Wildman–Crippen LogP) is 2.57. The highest BCUT2D eigenvalue weighted by Gasteiger charge is 2.36. The summed E-state index contributed by atoms with van der Waals surface area (Å²) < 4.78 is 0. The number of H-pyrrole nitrogens is 1. The third kappa shape index (κ3) is 3.44. The molecule has 3 heterocycles. The van der Waals surface area contributed by atoms with E-state index in [1.807, 2.05) is 11.0 Å². The first-order chi connectivity index (χ1) is 11.7. The lowest BCUT2D eigenvalue weighted by molar-refractivity contribution is 0.0724. The van der Waals surface area contributed by atoms with Crippen LogP contribution in [0.4, 0.5) is 0 Å². The second-order valence-electron chi connectivity index (χ2n) is 6.93. The molecule has 5 nitrogen and oxygen atoms in total. The maximum Gasteiger partial charge on any atom is 0.274 e. The number of nitrogens with one attached hydrogen (secondary N) is 2. The number of hydrogen-bond acceptors (Lipinski definition) is 3. The molecule has 2 atom stereocenters. The van der Waals surface area contributed by atoms with Crippen molar-refractivity contribution in [3.05, 3.63) is 52.8 Å². The first-order valence-corrected chi connectivity index (χ1v) is 8.86. The van der Waals surface area contributed by atoms with Gasteiger partial charge in [-0.15, -0.1) is 12.4 Å². The molecule has 1 fully saturated rings. The summed E-state index contributed by atoms with van der Waals surface area (Å²) in [6.07, 6.45) is 3.01. The zero-order chi connectivity index (χ0) is 16.5. The fourth-order valence-corrected chi connectivity index (χ4v) is 4.02. The number of carbonyl (C=O) groups excluding carboxylic acids is 1. The second kappa shape index (κ2) is 7.58. The number of fused-ring (bicyclic) bond motifs is 1. The quantitative estimate of drug-likeness (QED) is 0.884. The van der Waals surface area contributed by atoms with Crippen LogP contribution in [0.25, 0.3) is 0 Å². The van der Waals surface area contributed by atoms with Crippen LogP contribution in [0.15, 0.2) is 30.3 Å². The normalized spacial score (nSPS) is 22.4. The maximum atomic E-state index is 13.0. The van der Waals surface area contributed by atoms with Crippen LogP contribution in [0.1, 0.15) is 40.7 Å². The summed E-state index contributed by atoms with van der Waals surface area (Å²) in [5.41, 5.74) is 4.14. The van der Waals surface area contributed by atoms with Gasteiger partial charge in [-0.25, -0.2) is 0 Å². The number of halogens is 1. The summed E-state index contributed by atoms with van der Waals surface area (Å²) in [6.45, 7) is 4.69. The van der Waals surface area contributed by atoms with Gasteiger partial charge in [0.2, 0.25) is 0 Å². The first-order valence-electron chi connectivity index (χ1n) is 8.86. The predicted molar refractivity (Wildman–Crippen MR) is 100.0 cm³/mol. The maximum absolute atomic E-state index is 13.0. The number of hydrogen-bond donors (Lipinski definition) is 2. The van der Waals surface area contributed by atoms with E-state index in [1.165, 1.54) is 5.56 Å². The summed E-state index contributed by atoms with van der Waals surface area (Å²) in [6, 6.07) is 10.8. The molecule has 2 aromatic rings. The van der Waals surface area contributed by atoms with Crippen molar-refractivity contribution in [2.24, 2.45) is 5.92 Å². The number of aromatic nitrogens is 2. The molecule has 0 saturated carbocycles. The highest BCUT2D eigenvalue weighted by molar-refractivity contribution is 5.94. The third-order valence-electron chi connectivity index (χ3n) is 5.53. The molecule has 2 N–H and O–H groups in total. The SMILES string of the molecule is CC1C(Cc2ccccc2)CCN1C(=O)c1n[nH]c2c1CNCC2.Cl. The molecule has 2 aliphatic rings. The Morgan fingerprint density at radius 2 is 2.12 bits per heavy atom. The topological polar surface area (TPSA) is 61.0 Å². The Kier molecular flexibility index (Phi) is 5.45. The van der Waals surface area contributed by atoms with Crippen molar-refractivity contribution in [2.45, 2.75) is 38.8 Å². The van der Waals surface area contributed by atoms with Crippen LogP contribution in [0.5, 0.6) is 0 Å². The molecule has 1 amide bonds. The number of likely N-dealkylation sites (tertiary alicyclic amines) is 1. The van der Waals surface area contributed by atoms with Gasteiger partial charge in [0.05, 0.1) is 0 Å². The van der Waals surface area contributed by atoms with Gasteiger partial charge < -0.3 is 10.2 Å². The van der Waals surface area contributed by atoms with Crippen LogP contribution in [0, 0.1) is 5.92 Å². The average Bonchev–Trinajstić information content (AvgIpc) is 3.20. The van der Waals surface area contributed by atoms with E-state index in [4.69, 9.17) is 0 Å². The zero-order valence-electron chi connectivity index (χ0n) is 14.5. The summed E-state index contributed by atoms with van der Waals surface area (Å²) >= 11 is 0. The van der Waals surface area contributed by atoms with Gasteiger partial charge in [-0.1, -0.05) is 30.3 Å². The minimum atomic E-state index is 0. The molecule has 0 spiro atoms. The molecule has 25 heavy (non-hydrogen) atoms. The van der Waals surface area contributed by atoms with Crippen molar-refractivity contribution in [2.75, 3.05) is 13.1 Å². The molecule has 1 aromatic heterocycles. The number of rotatable bonds is 3. The van der Waals surface area contributed by atoms with E-state index in [9.17, 15) is 4.79 Å². The van der Waals surface area contributed by atoms with E-state index in [-0.39, 0.29) is 24.4 Å². The Morgan fingerprint density at radius 3 is 2.92 bits per heavy atom. The van der Waals surface area contributed by atoms with Gasteiger partial charge >= 0.3 is 0 Å². The summed E-state index contributed by atoms with van der Waals surface area (Å²) in [4.78, 5) is 15.0. The van der Waals surface area contributed by atoms with E-state index in [1.54, 1.807) is 0 Å². The van der Waals surface area contributed by atoms with Crippen molar-refractivity contribution in [1.29, 1.82) is 0 Å². The lowest BCUT2D eigenvalue weighted by Gasteiger charge is -2.25. The largest absolute Gasteiger partial charge is 0.334 e. The average molecular weight is 361 g/mol. The summed E-state index contributed by atoms with van der Waals surface area (Å²) in [7, 11) is 0. The molecule has 4 rings (SSSR count). The Morgan fingerprint density at radius 1 is 1.32 bits per heavy atom. The minimum absolute atomic E-state index is 0. The van der Waals surface area contributed by atoms with Crippen LogP contribution < -0.4 is 5.32 Å². The van der Waals surface area contributed by atoms with E-state index < -0.39 is 0 Å². The Bertz CT molecular complexity index is 730. The molecular weight excluding hydrogens is 336 g/mol. The molecular formula is C19H25ClN4O. The first kappa shape index (κ1) is 18.0. The van der Waals surface area contributed by atoms with Crippen LogP contribution >= 0.6 is 12.4 Å². The summed E-state index contributed by atoms with van der Waals surface area (Å²) in [5, 5.41) is 10.7.